The molecule has 0 aromatic heterocycles. The first-order chi connectivity index (χ1) is 12.6. The summed E-state index contributed by atoms with van der Waals surface area (Å²) in [5.41, 5.74) is 6.24. The smallest absolute Gasteiger partial charge is 0.226 e. The second-order valence-corrected chi connectivity index (χ2v) is 9.17. The molecule has 4 rings (SSSR count). The molecule has 0 spiro atoms. The van der Waals surface area contributed by atoms with Gasteiger partial charge in [-0.1, -0.05) is 6.07 Å². The fourth-order valence-corrected chi connectivity index (χ4v) is 6.36. The van der Waals surface area contributed by atoms with Crippen LogP contribution in [0.1, 0.15) is 43.6 Å². The molecule has 2 heterocycles. The van der Waals surface area contributed by atoms with Crippen molar-refractivity contribution >= 4 is 17.7 Å². The van der Waals surface area contributed by atoms with Gasteiger partial charge in [-0.3, -0.25) is 4.79 Å². The molecule has 2 N–H and O–H groups in total. The molecule has 142 valence electrons. The van der Waals surface area contributed by atoms with Crippen molar-refractivity contribution in [2.75, 3.05) is 18.8 Å². The Morgan fingerprint density at radius 2 is 1.92 bits per heavy atom. The number of amides is 1. The molecule has 1 aromatic carbocycles. The quantitative estimate of drug-likeness (QED) is 0.873. The molecule has 0 radical (unpaired) electrons. The fraction of sp³-hybridized carbons (Fsp3) is 0.650. The Kier molecular flexibility index (Phi) is 5.24. The molecule has 2 saturated heterocycles. The maximum Gasteiger partial charge on any atom is 0.226 e. The van der Waals surface area contributed by atoms with E-state index in [1.54, 1.807) is 11.8 Å². The Morgan fingerprint density at radius 3 is 2.69 bits per heavy atom. The van der Waals surface area contributed by atoms with Crippen LogP contribution in [-0.2, 0) is 4.79 Å². The molecule has 1 amide bonds. The van der Waals surface area contributed by atoms with Crippen LogP contribution in [0.2, 0.25) is 0 Å². The van der Waals surface area contributed by atoms with Gasteiger partial charge in [-0.2, -0.15) is 11.8 Å². The van der Waals surface area contributed by atoms with Crippen molar-refractivity contribution in [2.24, 2.45) is 17.6 Å². The minimum absolute atomic E-state index is 0.0252. The fourth-order valence-electron chi connectivity index (χ4n) is 4.65. The molecule has 5 unspecified atom stereocenters. The van der Waals surface area contributed by atoms with Gasteiger partial charge in [0.1, 0.15) is 11.6 Å². The van der Waals surface area contributed by atoms with Crippen LogP contribution < -0.4 is 5.73 Å². The molecule has 26 heavy (non-hydrogen) atoms. The van der Waals surface area contributed by atoms with Crippen LogP contribution in [0, 0.1) is 23.5 Å². The first-order valence-corrected chi connectivity index (χ1v) is 10.7. The summed E-state index contributed by atoms with van der Waals surface area (Å²) in [5.74, 6) is 0.373. The van der Waals surface area contributed by atoms with Gasteiger partial charge < -0.3 is 10.6 Å². The number of benzene rings is 1. The molecule has 3 aliphatic rings. The molecule has 2 aliphatic heterocycles. The first-order valence-electron chi connectivity index (χ1n) is 9.66. The lowest BCUT2D eigenvalue weighted by molar-refractivity contribution is -0.132. The lowest BCUT2D eigenvalue weighted by Crippen LogP contribution is -2.35. The zero-order valence-electron chi connectivity index (χ0n) is 14.9. The SMILES string of the molecule is NC1CCCN(C(=O)C2CC2C2SCCC2c2c(F)cccc2F)CC1. The summed E-state index contributed by atoms with van der Waals surface area (Å²) in [6.45, 7) is 1.53. The number of carbonyl (C=O) groups excluding carboxylic acids is 1. The summed E-state index contributed by atoms with van der Waals surface area (Å²) in [6.07, 6.45) is 4.44. The number of nitrogens with two attached hydrogens (primary N) is 1. The van der Waals surface area contributed by atoms with E-state index in [1.165, 1.54) is 18.2 Å². The van der Waals surface area contributed by atoms with E-state index in [0.717, 1.165) is 50.9 Å². The van der Waals surface area contributed by atoms with Crippen LogP contribution in [0.4, 0.5) is 8.78 Å². The van der Waals surface area contributed by atoms with Gasteiger partial charge in [-0.15, -0.1) is 0 Å². The maximum atomic E-state index is 14.3. The molecule has 1 saturated carbocycles. The number of carbonyl (C=O) groups is 1. The van der Waals surface area contributed by atoms with E-state index < -0.39 is 11.6 Å². The highest BCUT2D eigenvalue weighted by Crippen LogP contribution is 2.55. The van der Waals surface area contributed by atoms with Crippen LogP contribution in [-0.4, -0.2) is 40.9 Å². The summed E-state index contributed by atoms with van der Waals surface area (Å²) in [5, 5.41) is 0.143. The van der Waals surface area contributed by atoms with E-state index in [9.17, 15) is 13.6 Å². The maximum absolute atomic E-state index is 14.3. The molecule has 3 nitrogen and oxygen atoms in total. The Hall–Kier alpha value is -1.14. The summed E-state index contributed by atoms with van der Waals surface area (Å²) < 4.78 is 28.5. The largest absolute Gasteiger partial charge is 0.342 e. The standard InChI is InChI=1S/C20H26F2N2OS/c21-16-4-1-5-17(22)18(16)13-7-10-26-19(13)14-11-15(14)20(25)24-8-2-3-12(23)6-9-24/h1,4-5,12-15,19H,2-3,6-11,23H2. The van der Waals surface area contributed by atoms with Crippen LogP contribution >= 0.6 is 11.8 Å². The number of halogens is 2. The van der Waals surface area contributed by atoms with Crippen molar-refractivity contribution in [3.05, 3.63) is 35.4 Å². The van der Waals surface area contributed by atoms with Gasteiger partial charge in [0.05, 0.1) is 0 Å². The number of thioether (sulfide) groups is 1. The van der Waals surface area contributed by atoms with Gasteiger partial charge in [0.15, 0.2) is 0 Å². The van der Waals surface area contributed by atoms with Gasteiger partial charge in [0.2, 0.25) is 5.91 Å². The van der Waals surface area contributed by atoms with Crippen molar-refractivity contribution in [1.82, 2.24) is 4.90 Å². The molecule has 3 fully saturated rings. The molecular formula is C20H26F2N2OS. The van der Waals surface area contributed by atoms with E-state index in [2.05, 4.69) is 0 Å². The molecule has 6 heteroatoms. The zero-order chi connectivity index (χ0) is 18.3. The van der Waals surface area contributed by atoms with Gasteiger partial charge in [0, 0.05) is 41.8 Å². The Labute approximate surface area is 157 Å². The normalized spacial score (nSPS) is 34.6. The summed E-state index contributed by atoms with van der Waals surface area (Å²) in [7, 11) is 0. The number of nitrogens with zero attached hydrogens (tertiary/aromatic N) is 1. The summed E-state index contributed by atoms with van der Waals surface area (Å²) >= 11 is 1.78. The lowest BCUT2D eigenvalue weighted by Gasteiger charge is -2.23. The average Bonchev–Trinajstić information content (AvgIpc) is 3.32. The third-order valence-corrected chi connectivity index (χ3v) is 7.70. The molecule has 5 atom stereocenters. The second-order valence-electron chi connectivity index (χ2n) is 7.89. The third-order valence-electron chi connectivity index (χ3n) is 6.17. The number of hydrogen-bond donors (Lipinski definition) is 1. The average molecular weight is 381 g/mol. The van der Waals surface area contributed by atoms with Crippen molar-refractivity contribution in [1.29, 1.82) is 0 Å². The minimum atomic E-state index is -0.451. The highest BCUT2D eigenvalue weighted by Gasteiger charge is 2.53. The van der Waals surface area contributed by atoms with Gasteiger partial charge in [0.25, 0.3) is 0 Å². The molecular weight excluding hydrogens is 354 g/mol. The van der Waals surface area contributed by atoms with Gasteiger partial charge >= 0.3 is 0 Å². The van der Waals surface area contributed by atoms with E-state index in [0.29, 0.717) is 0 Å². The van der Waals surface area contributed by atoms with Crippen LogP contribution in [0.3, 0.4) is 0 Å². The number of rotatable bonds is 3. The highest BCUT2D eigenvalue weighted by atomic mass is 32.2. The summed E-state index contributed by atoms with van der Waals surface area (Å²) in [4.78, 5) is 14.9. The van der Waals surface area contributed by atoms with Crippen molar-refractivity contribution in [3.63, 3.8) is 0 Å². The van der Waals surface area contributed by atoms with Gasteiger partial charge in [-0.25, -0.2) is 8.78 Å². The van der Waals surface area contributed by atoms with Crippen molar-refractivity contribution in [2.45, 2.75) is 49.3 Å². The van der Waals surface area contributed by atoms with E-state index >= 15 is 0 Å². The molecule has 0 bridgehead atoms. The van der Waals surface area contributed by atoms with Crippen molar-refractivity contribution < 1.29 is 13.6 Å². The van der Waals surface area contributed by atoms with E-state index in [1.807, 2.05) is 4.90 Å². The van der Waals surface area contributed by atoms with Gasteiger partial charge in [-0.05, 0) is 55.9 Å². The third kappa shape index (κ3) is 3.50. The topological polar surface area (TPSA) is 46.3 Å². The first kappa shape index (κ1) is 18.2. The molecule has 1 aliphatic carbocycles. The zero-order valence-corrected chi connectivity index (χ0v) is 15.7. The van der Waals surface area contributed by atoms with E-state index in [-0.39, 0.29) is 40.5 Å². The monoisotopic (exact) mass is 380 g/mol. The van der Waals surface area contributed by atoms with Crippen LogP contribution in [0.25, 0.3) is 0 Å². The number of likely N-dealkylation sites (tertiary alicyclic amines) is 1. The minimum Gasteiger partial charge on any atom is -0.342 e. The summed E-state index contributed by atoms with van der Waals surface area (Å²) in [6, 6.07) is 4.29. The van der Waals surface area contributed by atoms with Crippen molar-refractivity contribution in [3.8, 4) is 0 Å². The van der Waals surface area contributed by atoms with Crippen LogP contribution in [0.15, 0.2) is 18.2 Å². The lowest BCUT2D eigenvalue weighted by atomic mass is 9.89. The predicted molar refractivity (Wildman–Crippen MR) is 100.0 cm³/mol. The Bertz CT molecular complexity index is 666. The predicted octanol–water partition coefficient (Wildman–Crippen LogP) is 3.53. The number of hydrogen-bond acceptors (Lipinski definition) is 3. The highest BCUT2D eigenvalue weighted by molar-refractivity contribution is 8.00. The van der Waals surface area contributed by atoms with Crippen LogP contribution in [0.5, 0.6) is 0 Å². The second kappa shape index (κ2) is 7.47. The Morgan fingerprint density at radius 1 is 1.15 bits per heavy atom. The molecule has 1 aromatic rings. The van der Waals surface area contributed by atoms with E-state index in [4.69, 9.17) is 5.73 Å². The Balaban J connectivity index is 1.45.